The average Bonchev–Trinajstić information content (AvgIpc) is 3.63. The minimum Gasteiger partial charge on any atom is -0.402 e. The Hall–Kier alpha value is -3.94. The lowest BCUT2D eigenvalue weighted by atomic mass is 9.94. The zero-order valence-electron chi connectivity index (χ0n) is 22.6. The number of aromatic nitrogens is 2. The molecule has 2 amide bonds. The van der Waals surface area contributed by atoms with Crippen LogP contribution < -0.4 is 22.5 Å². The molecule has 2 aromatic rings. The third-order valence-corrected chi connectivity index (χ3v) is 7.19. The number of amides is 2. The average molecular weight is 554 g/mol. The third kappa shape index (κ3) is 6.74. The molecule has 1 aromatic carbocycles. The number of aromatic amines is 1. The Labute approximate surface area is 234 Å². The number of nitrogens with zero attached hydrogens (tertiary/aromatic N) is 2. The van der Waals surface area contributed by atoms with E-state index in [2.05, 4.69) is 40.9 Å². The molecule has 11 heteroatoms. The van der Waals surface area contributed by atoms with Gasteiger partial charge < -0.3 is 32.2 Å². The van der Waals surface area contributed by atoms with E-state index in [0.29, 0.717) is 40.3 Å². The van der Waals surface area contributed by atoms with Crippen molar-refractivity contribution in [3.8, 4) is 11.8 Å². The zero-order chi connectivity index (χ0) is 28.7. The summed E-state index contributed by atoms with van der Waals surface area (Å²) >= 11 is 6.43. The van der Waals surface area contributed by atoms with Gasteiger partial charge in [-0.15, -0.1) is 0 Å². The van der Waals surface area contributed by atoms with Crippen LogP contribution >= 0.6 is 11.6 Å². The Morgan fingerprint density at radius 1 is 1.33 bits per heavy atom. The number of benzene rings is 1. The summed E-state index contributed by atoms with van der Waals surface area (Å²) in [5.41, 5.74) is 22.2. The Balaban J connectivity index is 0.000000293. The van der Waals surface area contributed by atoms with Gasteiger partial charge in [0.2, 0.25) is 5.91 Å². The Bertz CT molecular complexity index is 1340. The van der Waals surface area contributed by atoms with Gasteiger partial charge in [0.25, 0.3) is 5.91 Å². The number of nitrogens with one attached hydrogen (secondary N) is 2. The number of nitrogen functional groups attached to an aromatic ring is 1. The van der Waals surface area contributed by atoms with Crippen LogP contribution in [0.15, 0.2) is 30.5 Å². The van der Waals surface area contributed by atoms with Crippen molar-refractivity contribution < 1.29 is 14.3 Å². The molecular formula is C28H36ClN7O3. The highest BCUT2D eigenvalue weighted by Crippen LogP contribution is 2.40. The predicted octanol–water partition coefficient (Wildman–Crippen LogP) is 3.10. The highest BCUT2D eigenvalue weighted by atomic mass is 35.5. The molecule has 10 nitrogen and oxygen atoms in total. The first-order valence-corrected chi connectivity index (χ1v) is 13.1. The third-order valence-electron chi connectivity index (χ3n) is 6.88. The SMILES string of the molecule is C=CC(=O)N1CCC[C@@H]1COC.CNc1n[nH]c(C#Cc2cc(N)c(C3=C(N)CCC3C)cc2Cl)c1C(N)=O. The van der Waals surface area contributed by atoms with Gasteiger partial charge >= 0.3 is 0 Å². The number of carbonyl (C=O) groups is 2. The lowest BCUT2D eigenvalue weighted by Crippen LogP contribution is -2.36. The van der Waals surface area contributed by atoms with Gasteiger partial charge in [0, 0.05) is 43.2 Å². The van der Waals surface area contributed by atoms with Crippen LogP contribution in [0.5, 0.6) is 0 Å². The Morgan fingerprint density at radius 3 is 2.67 bits per heavy atom. The first kappa shape index (κ1) is 29.6. The predicted molar refractivity (Wildman–Crippen MR) is 155 cm³/mol. The molecule has 2 aliphatic rings. The smallest absolute Gasteiger partial charge is 0.255 e. The number of halogens is 1. The van der Waals surface area contributed by atoms with Crippen molar-refractivity contribution >= 4 is 40.5 Å². The summed E-state index contributed by atoms with van der Waals surface area (Å²) in [6.07, 6.45) is 5.36. The number of methoxy groups -OCH3 is 1. The zero-order valence-corrected chi connectivity index (χ0v) is 23.3. The lowest BCUT2D eigenvalue weighted by Gasteiger charge is -2.22. The second-order valence-corrected chi connectivity index (χ2v) is 9.88. The molecule has 4 rings (SSSR count). The molecule has 0 saturated carbocycles. The van der Waals surface area contributed by atoms with Crippen LogP contribution in [0, 0.1) is 17.8 Å². The summed E-state index contributed by atoms with van der Waals surface area (Å²) in [6, 6.07) is 3.78. The minimum atomic E-state index is -0.629. The number of carbonyl (C=O) groups excluding carboxylic acids is 2. The topological polar surface area (TPSA) is 165 Å². The molecule has 1 unspecified atom stereocenters. The summed E-state index contributed by atoms with van der Waals surface area (Å²) in [5, 5.41) is 9.91. The fourth-order valence-corrected chi connectivity index (χ4v) is 5.13. The number of primary amides is 1. The van der Waals surface area contributed by atoms with E-state index in [1.165, 1.54) is 6.08 Å². The van der Waals surface area contributed by atoms with Crippen molar-refractivity contribution in [1.29, 1.82) is 0 Å². The second-order valence-electron chi connectivity index (χ2n) is 9.47. The summed E-state index contributed by atoms with van der Waals surface area (Å²) in [6.45, 7) is 7.08. The van der Waals surface area contributed by atoms with Gasteiger partial charge in [0.15, 0.2) is 5.82 Å². The monoisotopic (exact) mass is 553 g/mol. The maximum Gasteiger partial charge on any atom is 0.255 e. The van der Waals surface area contributed by atoms with Crippen molar-refractivity contribution in [2.75, 3.05) is 38.4 Å². The summed E-state index contributed by atoms with van der Waals surface area (Å²) in [4.78, 5) is 24.7. The number of hydrogen-bond donors (Lipinski definition) is 5. The minimum absolute atomic E-state index is 0.0227. The molecule has 0 spiro atoms. The maximum atomic E-state index is 11.6. The van der Waals surface area contributed by atoms with Crippen LogP contribution in [0.3, 0.4) is 0 Å². The molecular weight excluding hydrogens is 518 g/mol. The quantitative estimate of drug-likeness (QED) is 0.208. The van der Waals surface area contributed by atoms with Gasteiger partial charge in [-0.05, 0) is 61.3 Å². The van der Waals surface area contributed by atoms with Crippen molar-refractivity contribution in [1.82, 2.24) is 15.1 Å². The van der Waals surface area contributed by atoms with Crippen LogP contribution in [0.4, 0.5) is 11.5 Å². The van der Waals surface area contributed by atoms with Crippen molar-refractivity contribution in [3.05, 3.63) is 57.9 Å². The summed E-state index contributed by atoms with van der Waals surface area (Å²) in [7, 11) is 3.30. The maximum absolute atomic E-state index is 11.6. The summed E-state index contributed by atoms with van der Waals surface area (Å²) in [5.74, 6) is 5.85. The highest BCUT2D eigenvalue weighted by Gasteiger charge is 2.27. The summed E-state index contributed by atoms with van der Waals surface area (Å²) < 4.78 is 5.02. The number of likely N-dealkylation sites (tertiary alicyclic amines) is 1. The standard InChI is InChI=1S/C19H21ClN6O.C9H15NO2/c1-9-3-5-13(21)16(9)11-8-12(20)10(7-14(11)22)4-6-15-17(18(23)27)19(24-2)26-25-15;1-3-9(11)10-6-4-5-8(10)7-12-2/h7-9H,3,5,21-22H2,1-2H3,(H2,23,27)(H2,24,25,26);3,8H,1,4-7H2,2H3/t;8-/m.1/s1. The molecule has 1 aliphatic heterocycles. The normalized spacial score (nSPS) is 18.2. The molecule has 1 saturated heterocycles. The van der Waals surface area contributed by atoms with E-state index in [1.54, 1.807) is 26.3 Å². The van der Waals surface area contributed by atoms with Gasteiger partial charge in [-0.3, -0.25) is 14.7 Å². The molecule has 0 radical (unpaired) electrons. The number of nitrogens with two attached hydrogens (primary N) is 3. The Kier molecular flexibility index (Phi) is 10.0. The fraction of sp³-hybridized carbons (Fsp3) is 0.393. The second kappa shape index (κ2) is 13.2. The molecule has 208 valence electrons. The van der Waals surface area contributed by atoms with Crippen molar-refractivity contribution in [2.45, 2.75) is 38.6 Å². The molecule has 1 aromatic heterocycles. The van der Waals surface area contributed by atoms with Crippen LogP contribution in [-0.2, 0) is 9.53 Å². The van der Waals surface area contributed by atoms with Crippen molar-refractivity contribution in [2.24, 2.45) is 17.4 Å². The molecule has 2 heterocycles. The van der Waals surface area contributed by atoms with Gasteiger partial charge in [0.05, 0.1) is 17.7 Å². The molecule has 1 aliphatic carbocycles. The number of H-pyrrole nitrogens is 1. The molecule has 0 bridgehead atoms. The molecule has 1 fully saturated rings. The largest absolute Gasteiger partial charge is 0.402 e. The number of ether oxygens (including phenoxy) is 1. The van der Waals surface area contributed by atoms with E-state index < -0.39 is 5.91 Å². The van der Waals surface area contributed by atoms with Gasteiger partial charge in [-0.1, -0.05) is 31.0 Å². The number of rotatable bonds is 6. The molecule has 8 N–H and O–H groups in total. The molecule has 39 heavy (non-hydrogen) atoms. The first-order valence-electron chi connectivity index (χ1n) is 12.7. The van der Waals surface area contributed by atoms with E-state index in [-0.39, 0.29) is 17.5 Å². The Morgan fingerprint density at radius 2 is 2.08 bits per heavy atom. The number of allylic oxidation sites excluding steroid dienone is 2. The van der Waals surface area contributed by atoms with Crippen molar-refractivity contribution in [3.63, 3.8) is 0 Å². The van der Waals surface area contributed by atoms with E-state index in [9.17, 15) is 9.59 Å². The number of hydrogen-bond acceptors (Lipinski definition) is 7. The van der Waals surface area contributed by atoms with E-state index in [0.717, 1.165) is 49.1 Å². The molecule has 2 atom stereocenters. The highest BCUT2D eigenvalue weighted by molar-refractivity contribution is 6.32. The van der Waals surface area contributed by atoms with Gasteiger partial charge in [-0.2, -0.15) is 5.10 Å². The van der Waals surface area contributed by atoms with E-state index in [4.69, 9.17) is 33.5 Å². The van der Waals surface area contributed by atoms with Crippen LogP contribution in [0.1, 0.15) is 59.8 Å². The van der Waals surface area contributed by atoms with Crippen LogP contribution in [0.25, 0.3) is 5.57 Å². The first-order chi connectivity index (χ1) is 18.6. The van der Waals surface area contributed by atoms with Gasteiger partial charge in [-0.25, -0.2) is 0 Å². The number of anilines is 2. The van der Waals surface area contributed by atoms with Crippen LogP contribution in [-0.4, -0.2) is 60.3 Å². The van der Waals surface area contributed by atoms with Crippen LogP contribution in [0.2, 0.25) is 5.02 Å². The van der Waals surface area contributed by atoms with Gasteiger partial charge in [0.1, 0.15) is 11.3 Å². The van der Waals surface area contributed by atoms with E-state index >= 15 is 0 Å². The fourth-order valence-electron chi connectivity index (χ4n) is 4.92. The lowest BCUT2D eigenvalue weighted by molar-refractivity contribution is -0.127. The van der Waals surface area contributed by atoms with E-state index in [1.807, 2.05) is 4.90 Å².